The van der Waals surface area contributed by atoms with Crippen LogP contribution < -0.4 is 5.32 Å². The van der Waals surface area contributed by atoms with Gasteiger partial charge in [0.2, 0.25) is 10.0 Å². The Hall–Kier alpha value is -2.23. The zero-order valence-electron chi connectivity index (χ0n) is 15.5. The lowest BCUT2D eigenvalue weighted by Crippen LogP contribution is -2.28. The van der Waals surface area contributed by atoms with E-state index in [1.807, 2.05) is 0 Å². The van der Waals surface area contributed by atoms with E-state index in [4.69, 9.17) is 0 Å². The van der Waals surface area contributed by atoms with Crippen molar-refractivity contribution < 1.29 is 21.6 Å². The molecule has 7 nitrogen and oxygen atoms in total. The van der Waals surface area contributed by atoms with Gasteiger partial charge in [-0.25, -0.2) is 16.8 Å². The van der Waals surface area contributed by atoms with Gasteiger partial charge in [0.15, 0.2) is 9.84 Å². The van der Waals surface area contributed by atoms with Gasteiger partial charge in [-0.2, -0.15) is 4.31 Å². The molecule has 0 unspecified atom stereocenters. The molecule has 0 radical (unpaired) electrons. The molecule has 150 valence electrons. The van der Waals surface area contributed by atoms with Crippen molar-refractivity contribution in [3.8, 4) is 0 Å². The Balaban J connectivity index is 1.66. The molecule has 0 bridgehead atoms. The number of carbonyl (C=O) groups is 1. The smallest absolute Gasteiger partial charge is 0.251 e. The highest BCUT2D eigenvalue weighted by atomic mass is 32.2. The Kier molecular flexibility index (Phi) is 5.87. The minimum atomic E-state index is -3.46. The third kappa shape index (κ3) is 4.60. The lowest BCUT2D eigenvalue weighted by molar-refractivity contribution is 0.0950. The standard InChI is InChI=1S/C19H22N2O5S2/c1-27(23,24)18-6-4-5-16(13-18)19(22)20-14-15-7-9-17(10-8-15)28(25,26)21-11-2-3-12-21/h4-10,13H,2-3,11-12,14H2,1H3,(H,20,22). The minimum Gasteiger partial charge on any atom is -0.348 e. The van der Waals surface area contributed by atoms with Crippen LogP contribution in [0.25, 0.3) is 0 Å². The maximum Gasteiger partial charge on any atom is 0.251 e. The highest BCUT2D eigenvalue weighted by Gasteiger charge is 2.26. The van der Waals surface area contributed by atoms with Gasteiger partial charge >= 0.3 is 0 Å². The van der Waals surface area contributed by atoms with Crippen LogP contribution in [0.2, 0.25) is 0 Å². The zero-order valence-corrected chi connectivity index (χ0v) is 17.1. The number of benzene rings is 2. The first-order valence-electron chi connectivity index (χ1n) is 8.85. The Morgan fingerprint density at radius 1 is 0.964 bits per heavy atom. The molecule has 28 heavy (non-hydrogen) atoms. The summed E-state index contributed by atoms with van der Waals surface area (Å²) in [6, 6.07) is 12.2. The van der Waals surface area contributed by atoms with Crippen molar-refractivity contribution >= 4 is 25.8 Å². The molecule has 9 heteroatoms. The third-order valence-electron chi connectivity index (χ3n) is 4.60. The van der Waals surface area contributed by atoms with Crippen LogP contribution in [0.4, 0.5) is 0 Å². The summed E-state index contributed by atoms with van der Waals surface area (Å²) in [6.07, 6.45) is 2.84. The van der Waals surface area contributed by atoms with E-state index in [0.29, 0.717) is 13.1 Å². The predicted octanol–water partition coefficient (Wildman–Crippen LogP) is 1.80. The number of nitrogens with zero attached hydrogens (tertiary/aromatic N) is 1. The van der Waals surface area contributed by atoms with Crippen molar-refractivity contribution in [1.82, 2.24) is 9.62 Å². The van der Waals surface area contributed by atoms with E-state index in [-0.39, 0.29) is 21.9 Å². The van der Waals surface area contributed by atoms with Crippen molar-refractivity contribution in [2.45, 2.75) is 29.2 Å². The number of sulfone groups is 1. The monoisotopic (exact) mass is 422 g/mol. The van der Waals surface area contributed by atoms with E-state index < -0.39 is 25.8 Å². The molecule has 1 aliphatic heterocycles. The van der Waals surface area contributed by atoms with Gasteiger partial charge in [-0.15, -0.1) is 0 Å². The van der Waals surface area contributed by atoms with Crippen LogP contribution in [0.5, 0.6) is 0 Å². The van der Waals surface area contributed by atoms with E-state index in [9.17, 15) is 21.6 Å². The number of hydrogen-bond acceptors (Lipinski definition) is 5. The first-order chi connectivity index (χ1) is 13.2. The summed E-state index contributed by atoms with van der Waals surface area (Å²) in [5.74, 6) is -0.403. The molecule has 1 aliphatic rings. The Bertz CT molecular complexity index is 1070. The Morgan fingerprint density at radius 3 is 2.21 bits per heavy atom. The minimum absolute atomic E-state index is 0.0802. The quantitative estimate of drug-likeness (QED) is 0.765. The normalized spacial score (nSPS) is 15.5. The Morgan fingerprint density at radius 2 is 1.61 bits per heavy atom. The third-order valence-corrected chi connectivity index (χ3v) is 7.63. The van der Waals surface area contributed by atoms with Crippen molar-refractivity contribution in [2.24, 2.45) is 0 Å². The molecule has 1 amide bonds. The fourth-order valence-electron chi connectivity index (χ4n) is 3.01. The molecule has 1 saturated heterocycles. The van der Waals surface area contributed by atoms with Gasteiger partial charge in [-0.3, -0.25) is 4.79 Å². The van der Waals surface area contributed by atoms with E-state index in [1.165, 1.54) is 28.6 Å². The van der Waals surface area contributed by atoms with Crippen molar-refractivity contribution in [1.29, 1.82) is 0 Å². The molecular formula is C19H22N2O5S2. The number of rotatable bonds is 6. The molecule has 1 N–H and O–H groups in total. The SMILES string of the molecule is CS(=O)(=O)c1cccc(C(=O)NCc2ccc(S(=O)(=O)N3CCCC3)cc2)c1. The van der Waals surface area contributed by atoms with Crippen LogP contribution in [0.15, 0.2) is 58.3 Å². The highest BCUT2D eigenvalue weighted by molar-refractivity contribution is 7.90. The molecule has 0 aromatic heterocycles. The van der Waals surface area contributed by atoms with Gasteiger partial charge in [-0.1, -0.05) is 18.2 Å². The lowest BCUT2D eigenvalue weighted by atomic mass is 10.2. The number of hydrogen-bond donors (Lipinski definition) is 1. The number of nitrogens with one attached hydrogen (secondary N) is 1. The maximum atomic E-state index is 12.5. The van der Waals surface area contributed by atoms with Crippen LogP contribution in [-0.2, 0) is 26.4 Å². The lowest BCUT2D eigenvalue weighted by Gasteiger charge is -2.15. The first-order valence-corrected chi connectivity index (χ1v) is 12.2. The average Bonchev–Trinajstić information content (AvgIpc) is 3.21. The first kappa shape index (κ1) is 20.5. The molecule has 1 fully saturated rings. The second-order valence-corrected chi connectivity index (χ2v) is 10.7. The second kappa shape index (κ2) is 8.02. The summed E-state index contributed by atoms with van der Waals surface area (Å²) >= 11 is 0. The average molecular weight is 423 g/mol. The van der Waals surface area contributed by atoms with Gasteiger partial charge < -0.3 is 5.32 Å². The predicted molar refractivity (Wildman–Crippen MR) is 105 cm³/mol. The summed E-state index contributed by atoms with van der Waals surface area (Å²) in [6.45, 7) is 1.30. The van der Waals surface area contributed by atoms with E-state index in [1.54, 1.807) is 24.3 Å². The maximum absolute atomic E-state index is 12.5. The van der Waals surface area contributed by atoms with Gasteiger partial charge in [0.1, 0.15) is 0 Å². The van der Waals surface area contributed by atoms with E-state index in [2.05, 4.69) is 5.32 Å². The molecule has 3 rings (SSSR count). The molecule has 0 spiro atoms. The zero-order chi connectivity index (χ0) is 20.4. The molecular weight excluding hydrogens is 400 g/mol. The molecule has 0 atom stereocenters. The van der Waals surface area contributed by atoms with Crippen LogP contribution >= 0.6 is 0 Å². The second-order valence-electron chi connectivity index (χ2n) is 6.74. The van der Waals surface area contributed by atoms with Gasteiger partial charge in [-0.05, 0) is 48.7 Å². The summed E-state index contributed by atoms with van der Waals surface area (Å²) in [5.41, 5.74) is 0.990. The summed E-state index contributed by atoms with van der Waals surface area (Å²) in [5, 5.41) is 2.71. The van der Waals surface area contributed by atoms with E-state index in [0.717, 1.165) is 24.7 Å². The number of carbonyl (C=O) groups excluding carboxylic acids is 1. The van der Waals surface area contributed by atoms with E-state index >= 15 is 0 Å². The number of sulfonamides is 1. The summed E-state index contributed by atoms with van der Waals surface area (Å²) < 4.78 is 49.7. The van der Waals surface area contributed by atoms with Crippen LogP contribution in [0, 0.1) is 0 Å². The molecule has 2 aromatic rings. The van der Waals surface area contributed by atoms with Gasteiger partial charge in [0, 0.05) is 31.5 Å². The van der Waals surface area contributed by atoms with Crippen molar-refractivity contribution in [3.63, 3.8) is 0 Å². The number of amides is 1. The fourth-order valence-corrected chi connectivity index (χ4v) is 5.19. The van der Waals surface area contributed by atoms with Crippen LogP contribution in [0.3, 0.4) is 0 Å². The molecule has 0 aliphatic carbocycles. The summed E-state index contributed by atoms with van der Waals surface area (Å²) in [7, 11) is -6.85. The van der Waals surface area contributed by atoms with Crippen LogP contribution in [0.1, 0.15) is 28.8 Å². The Labute approximate surface area is 165 Å². The van der Waals surface area contributed by atoms with Crippen molar-refractivity contribution in [3.05, 3.63) is 59.7 Å². The van der Waals surface area contributed by atoms with Gasteiger partial charge in [0.25, 0.3) is 5.91 Å². The summed E-state index contributed by atoms with van der Waals surface area (Å²) in [4.78, 5) is 12.6. The topological polar surface area (TPSA) is 101 Å². The van der Waals surface area contributed by atoms with Crippen molar-refractivity contribution in [2.75, 3.05) is 19.3 Å². The highest BCUT2D eigenvalue weighted by Crippen LogP contribution is 2.21. The molecule has 1 heterocycles. The van der Waals surface area contributed by atoms with Crippen LogP contribution in [-0.4, -0.2) is 46.4 Å². The fraction of sp³-hybridized carbons (Fsp3) is 0.316. The largest absolute Gasteiger partial charge is 0.348 e. The van der Waals surface area contributed by atoms with Gasteiger partial charge in [0.05, 0.1) is 9.79 Å². The molecule has 0 saturated carbocycles. The molecule has 2 aromatic carbocycles.